The summed E-state index contributed by atoms with van der Waals surface area (Å²) in [4.78, 5) is 8.59. The molecule has 0 atom stereocenters. The standard InChI is InChI=1S/C14H16N2/c1-11-3-5-14(16-10-11)6-4-13-7-8-15-12(2)9-13/h3,5,7-10H,4,6H2,1-2H3. The van der Waals surface area contributed by atoms with E-state index in [1.165, 1.54) is 11.1 Å². The van der Waals surface area contributed by atoms with Crippen LogP contribution in [0.2, 0.25) is 0 Å². The highest BCUT2D eigenvalue weighted by Gasteiger charge is 1.97. The maximum Gasteiger partial charge on any atom is 0.0407 e. The molecular formula is C14H16N2. The molecule has 2 heterocycles. The third-order valence-corrected chi connectivity index (χ3v) is 2.60. The molecule has 0 amide bonds. The van der Waals surface area contributed by atoms with Crippen LogP contribution in [-0.2, 0) is 12.8 Å². The molecule has 2 aromatic rings. The third-order valence-electron chi connectivity index (χ3n) is 2.60. The number of rotatable bonds is 3. The second-order valence-electron chi connectivity index (χ2n) is 4.13. The average Bonchev–Trinajstić information content (AvgIpc) is 2.28. The Morgan fingerprint density at radius 1 is 1.00 bits per heavy atom. The minimum Gasteiger partial charge on any atom is -0.262 e. The van der Waals surface area contributed by atoms with Gasteiger partial charge in [0.2, 0.25) is 0 Å². The molecule has 82 valence electrons. The minimum absolute atomic E-state index is 0.990. The van der Waals surface area contributed by atoms with E-state index in [2.05, 4.69) is 41.2 Å². The molecule has 0 N–H and O–H groups in total. The van der Waals surface area contributed by atoms with Gasteiger partial charge in [-0.3, -0.25) is 9.97 Å². The van der Waals surface area contributed by atoms with E-state index in [0.717, 1.165) is 24.2 Å². The Balaban J connectivity index is 1.99. The van der Waals surface area contributed by atoms with Crippen molar-refractivity contribution in [3.05, 3.63) is 59.2 Å². The van der Waals surface area contributed by atoms with Crippen molar-refractivity contribution in [3.63, 3.8) is 0 Å². The number of aromatic nitrogens is 2. The zero-order valence-corrected chi connectivity index (χ0v) is 9.77. The van der Waals surface area contributed by atoms with Crippen molar-refractivity contribution in [2.45, 2.75) is 26.7 Å². The van der Waals surface area contributed by atoms with E-state index in [4.69, 9.17) is 0 Å². The number of aryl methyl sites for hydroxylation is 4. The Bertz CT molecular complexity index is 460. The van der Waals surface area contributed by atoms with Gasteiger partial charge in [-0.15, -0.1) is 0 Å². The largest absolute Gasteiger partial charge is 0.262 e. The number of hydrogen-bond acceptors (Lipinski definition) is 2. The molecule has 16 heavy (non-hydrogen) atoms. The van der Waals surface area contributed by atoms with Gasteiger partial charge in [0, 0.05) is 23.8 Å². The maximum absolute atomic E-state index is 4.40. The summed E-state index contributed by atoms with van der Waals surface area (Å²) in [5.74, 6) is 0. The molecule has 2 rings (SSSR count). The van der Waals surface area contributed by atoms with Gasteiger partial charge in [0.05, 0.1) is 0 Å². The zero-order chi connectivity index (χ0) is 11.4. The summed E-state index contributed by atoms with van der Waals surface area (Å²) >= 11 is 0. The van der Waals surface area contributed by atoms with Gasteiger partial charge in [-0.1, -0.05) is 6.07 Å². The van der Waals surface area contributed by atoms with E-state index >= 15 is 0 Å². The molecule has 0 aliphatic heterocycles. The lowest BCUT2D eigenvalue weighted by atomic mass is 10.1. The third kappa shape index (κ3) is 2.89. The van der Waals surface area contributed by atoms with E-state index in [-0.39, 0.29) is 0 Å². The first kappa shape index (κ1) is 10.8. The summed E-state index contributed by atoms with van der Waals surface area (Å²) in [5, 5.41) is 0. The van der Waals surface area contributed by atoms with Crippen molar-refractivity contribution in [2.75, 3.05) is 0 Å². The highest BCUT2D eigenvalue weighted by molar-refractivity contribution is 5.18. The molecule has 0 fully saturated rings. The van der Waals surface area contributed by atoms with Crippen LogP contribution in [0.4, 0.5) is 0 Å². The van der Waals surface area contributed by atoms with Crippen LogP contribution in [-0.4, -0.2) is 9.97 Å². The average molecular weight is 212 g/mol. The fraction of sp³-hybridized carbons (Fsp3) is 0.286. The van der Waals surface area contributed by atoms with Gasteiger partial charge in [-0.2, -0.15) is 0 Å². The first-order valence-electron chi connectivity index (χ1n) is 5.57. The number of pyridine rings is 2. The summed E-state index contributed by atoms with van der Waals surface area (Å²) in [6.45, 7) is 4.08. The predicted octanol–water partition coefficient (Wildman–Crippen LogP) is 2.88. The molecule has 2 heteroatoms. The van der Waals surface area contributed by atoms with Gasteiger partial charge in [-0.25, -0.2) is 0 Å². The van der Waals surface area contributed by atoms with Crippen molar-refractivity contribution in [3.8, 4) is 0 Å². The van der Waals surface area contributed by atoms with Crippen molar-refractivity contribution in [1.29, 1.82) is 0 Å². The van der Waals surface area contributed by atoms with Gasteiger partial charge in [0.25, 0.3) is 0 Å². The molecule has 0 aliphatic carbocycles. The fourth-order valence-corrected chi connectivity index (χ4v) is 1.68. The van der Waals surface area contributed by atoms with Crippen LogP contribution < -0.4 is 0 Å². The van der Waals surface area contributed by atoms with Crippen molar-refractivity contribution < 1.29 is 0 Å². The topological polar surface area (TPSA) is 25.8 Å². The normalized spacial score (nSPS) is 10.4. The molecule has 0 radical (unpaired) electrons. The van der Waals surface area contributed by atoms with Crippen molar-refractivity contribution in [1.82, 2.24) is 9.97 Å². The van der Waals surface area contributed by atoms with E-state index in [1.54, 1.807) is 0 Å². The lowest BCUT2D eigenvalue weighted by Crippen LogP contribution is -1.95. The van der Waals surface area contributed by atoms with Crippen LogP contribution in [0.15, 0.2) is 36.7 Å². The Morgan fingerprint density at radius 2 is 1.88 bits per heavy atom. The molecule has 2 aromatic heterocycles. The van der Waals surface area contributed by atoms with Gasteiger partial charge in [0.15, 0.2) is 0 Å². The summed E-state index contributed by atoms with van der Waals surface area (Å²) in [6, 6.07) is 8.42. The first-order chi connectivity index (χ1) is 7.74. The molecule has 0 aliphatic rings. The molecule has 0 unspecified atom stereocenters. The molecule has 0 bridgehead atoms. The zero-order valence-electron chi connectivity index (χ0n) is 9.77. The van der Waals surface area contributed by atoms with Crippen LogP contribution in [0.1, 0.15) is 22.5 Å². The SMILES string of the molecule is Cc1ccc(CCc2ccnc(C)c2)nc1. The Labute approximate surface area is 96.4 Å². The molecule has 0 aromatic carbocycles. The molecule has 0 saturated heterocycles. The van der Waals surface area contributed by atoms with Crippen LogP contribution in [0.25, 0.3) is 0 Å². The van der Waals surface area contributed by atoms with E-state index < -0.39 is 0 Å². The minimum atomic E-state index is 0.990. The summed E-state index contributed by atoms with van der Waals surface area (Å²) in [7, 11) is 0. The molecular weight excluding hydrogens is 196 g/mol. The fourth-order valence-electron chi connectivity index (χ4n) is 1.68. The highest BCUT2D eigenvalue weighted by Crippen LogP contribution is 2.06. The van der Waals surface area contributed by atoms with Crippen molar-refractivity contribution >= 4 is 0 Å². The number of hydrogen-bond donors (Lipinski definition) is 0. The van der Waals surface area contributed by atoms with E-state index in [9.17, 15) is 0 Å². The lowest BCUT2D eigenvalue weighted by Gasteiger charge is -2.02. The predicted molar refractivity (Wildman–Crippen MR) is 65.4 cm³/mol. The maximum atomic E-state index is 4.40. The van der Waals surface area contributed by atoms with Crippen LogP contribution in [0.5, 0.6) is 0 Å². The second kappa shape index (κ2) is 4.88. The summed E-state index contributed by atoms with van der Waals surface area (Å²) in [6.07, 6.45) is 5.81. The Morgan fingerprint density at radius 3 is 2.56 bits per heavy atom. The Kier molecular flexibility index (Phi) is 3.30. The van der Waals surface area contributed by atoms with Crippen LogP contribution >= 0.6 is 0 Å². The van der Waals surface area contributed by atoms with Crippen molar-refractivity contribution in [2.24, 2.45) is 0 Å². The monoisotopic (exact) mass is 212 g/mol. The first-order valence-corrected chi connectivity index (χ1v) is 5.57. The molecule has 0 saturated carbocycles. The Hall–Kier alpha value is -1.70. The lowest BCUT2D eigenvalue weighted by molar-refractivity contribution is 0.905. The molecule has 2 nitrogen and oxygen atoms in total. The smallest absolute Gasteiger partial charge is 0.0407 e. The second-order valence-corrected chi connectivity index (χ2v) is 4.13. The summed E-state index contributed by atoms with van der Waals surface area (Å²) in [5.41, 5.74) is 4.77. The number of nitrogens with zero attached hydrogens (tertiary/aromatic N) is 2. The quantitative estimate of drug-likeness (QED) is 0.781. The highest BCUT2D eigenvalue weighted by atomic mass is 14.7. The summed E-state index contributed by atoms with van der Waals surface area (Å²) < 4.78 is 0. The van der Waals surface area contributed by atoms with Gasteiger partial charge in [-0.05, 0) is 56.0 Å². The molecule has 0 spiro atoms. The van der Waals surface area contributed by atoms with E-state index in [0.29, 0.717) is 0 Å². The van der Waals surface area contributed by atoms with Gasteiger partial charge < -0.3 is 0 Å². The van der Waals surface area contributed by atoms with Crippen LogP contribution in [0.3, 0.4) is 0 Å². The van der Waals surface area contributed by atoms with Crippen LogP contribution in [0, 0.1) is 13.8 Å². The van der Waals surface area contributed by atoms with Gasteiger partial charge >= 0.3 is 0 Å². The van der Waals surface area contributed by atoms with Gasteiger partial charge in [0.1, 0.15) is 0 Å². The van der Waals surface area contributed by atoms with E-state index in [1.807, 2.05) is 19.3 Å².